The Labute approximate surface area is 161 Å². The van der Waals surface area contributed by atoms with E-state index in [1.807, 2.05) is 6.92 Å². The predicted molar refractivity (Wildman–Crippen MR) is 108 cm³/mol. The number of carbonyl (C=O) groups is 1. The first-order valence-corrected chi connectivity index (χ1v) is 10.6. The van der Waals surface area contributed by atoms with Gasteiger partial charge < -0.3 is 5.11 Å². The van der Waals surface area contributed by atoms with E-state index in [1.54, 1.807) is 11.8 Å². The number of hydrogen-bond donors (Lipinski definition) is 1. The lowest BCUT2D eigenvalue weighted by molar-refractivity contribution is -0.137. The van der Waals surface area contributed by atoms with E-state index < -0.39 is 12.1 Å². The van der Waals surface area contributed by atoms with Gasteiger partial charge in [-0.1, -0.05) is 37.3 Å². The summed E-state index contributed by atoms with van der Waals surface area (Å²) in [5.74, 6) is 0.690. The Morgan fingerprint density at radius 3 is 2.65 bits per heavy atom. The maximum Gasteiger partial charge on any atom is 0.303 e. The summed E-state index contributed by atoms with van der Waals surface area (Å²) in [7, 11) is 0. The fourth-order valence-electron chi connectivity index (χ4n) is 3.93. The van der Waals surface area contributed by atoms with Gasteiger partial charge in [-0.3, -0.25) is 4.79 Å². The standard InChI is InChI=1S/C22H31FO2S/c1-15-9-8-10-16(2)22(15)26-14-19-18(13-17(3)21(19)23)11-6-4-5-7-12-20(24)25/h4,6,8-10,17-19,21H,5,7,11-14H2,1-3H3,(H,24,25)/b6-4-/t17?,18-,19+,21?/m0/s1. The van der Waals surface area contributed by atoms with Crippen LogP contribution in [0.4, 0.5) is 4.39 Å². The highest BCUT2D eigenvalue weighted by Gasteiger charge is 2.40. The molecule has 144 valence electrons. The minimum atomic E-state index is -0.744. The van der Waals surface area contributed by atoms with Crippen LogP contribution in [0.25, 0.3) is 0 Å². The molecule has 1 aromatic rings. The molecule has 0 bridgehead atoms. The lowest BCUT2D eigenvalue weighted by Gasteiger charge is -2.21. The Balaban J connectivity index is 1.90. The molecular weight excluding hydrogens is 347 g/mol. The molecule has 1 aliphatic rings. The number of aryl methyl sites for hydroxylation is 2. The van der Waals surface area contributed by atoms with Gasteiger partial charge in [-0.15, -0.1) is 11.8 Å². The molecule has 0 aliphatic heterocycles. The third-order valence-electron chi connectivity index (χ3n) is 5.43. The van der Waals surface area contributed by atoms with E-state index in [0.29, 0.717) is 12.3 Å². The summed E-state index contributed by atoms with van der Waals surface area (Å²) in [5.41, 5.74) is 2.54. The quantitative estimate of drug-likeness (QED) is 0.315. The van der Waals surface area contributed by atoms with Crippen LogP contribution < -0.4 is 0 Å². The number of unbranched alkanes of at least 4 members (excludes halogenated alkanes) is 1. The van der Waals surface area contributed by atoms with Crippen LogP contribution in [0.3, 0.4) is 0 Å². The minimum Gasteiger partial charge on any atom is -0.481 e. The van der Waals surface area contributed by atoms with Gasteiger partial charge in [0.1, 0.15) is 6.17 Å². The minimum absolute atomic E-state index is 0.0951. The van der Waals surface area contributed by atoms with Crippen molar-refractivity contribution in [2.24, 2.45) is 17.8 Å². The van der Waals surface area contributed by atoms with Crippen LogP contribution in [0.1, 0.15) is 50.2 Å². The first-order valence-electron chi connectivity index (χ1n) is 9.60. The molecule has 2 rings (SSSR count). The second-order valence-corrected chi connectivity index (χ2v) is 8.64. The van der Waals surface area contributed by atoms with Crippen molar-refractivity contribution in [2.45, 2.75) is 63.9 Å². The predicted octanol–water partition coefficient (Wildman–Crippen LogP) is 6.21. The molecule has 0 radical (unpaired) electrons. The molecule has 0 aromatic heterocycles. The van der Waals surface area contributed by atoms with Gasteiger partial charge in [0.15, 0.2) is 0 Å². The van der Waals surface area contributed by atoms with Crippen LogP contribution in [0.2, 0.25) is 0 Å². The normalized spacial score (nSPS) is 25.8. The van der Waals surface area contributed by atoms with Gasteiger partial charge >= 0.3 is 5.97 Å². The lowest BCUT2D eigenvalue weighted by atomic mass is 9.93. The van der Waals surface area contributed by atoms with Crippen molar-refractivity contribution in [1.29, 1.82) is 0 Å². The van der Waals surface area contributed by atoms with Gasteiger partial charge in [0, 0.05) is 23.0 Å². The summed E-state index contributed by atoms with van der Waals surface area (Å²) in [6.07, 6.45) is 6.99. The zero-order valence-corrected chi connectivity index (χ0v) is 16.9. The molecule has 1 fully saturated rings. The van der Waals surface area contributed by atoms with Crippen LogP contribution in [-0.2, 0) is 4.79 Å². The SMILES string of the molecule is Cc1cccc(C)c1SC[C@H]1C(F)C(C)C[C@@H]1C/C=C\CCCC(=O)O. The molecule has 1 N–H and O–H groups in total. The summed E-state index contributed by atoms with van der Waals surface area (Å²) in [4.78, 5) is 11.8. The van der Waals surface area contributed by atoms with Gasteiger partial charge in [0.2, 0.25) is 0 Å². The van der Waals surface area contributed by atoms with E-state index >= 15 is 0 Å². The summed E-state index contributed by atoms with van der Waals surface area (Å²) >= 11 is 1.80. The zero-order valence-electron chi connectivity index (χ0n) is 16.1. The van der Waals surface area contributed by atoms with Crippen molar-refractivity contribution in [3.8, 4) is 0 Å². The number of alkyl halides is 1. The number of carboxylic acids is 1. The van der Waals surface area contributed by atoms with Crippen molar-refractivity contribution in [3.05, 3.63) is 41.5 Å². The van der Waals surface area contributed by atoms with Gasteiger partial charge in [0.25, 0.3) is 0 Å². The molecule has 4 heteroatoms. The van der Waals surface area contributed by atoms with Gasteiger partial charge in [-0.05, 0) is 62.5 Å². The highest BCUT2D eigenvalue weighted by atomic mass is 32.2. The number of allylic oxidation sites excluding steroid dienone is 2. The summed E-state index contributed by atoms with van der Waals surface area (Å²) < 4.78 is 14.8. The molecule has 2 nitrogen and oxygen atoms in total. The van der Waals surface area contributed by atoms with Crippen LogP contribution >= 0.6 is 11.8 Å². The van der Waals surface area contributed by atoms with Gasteiger partial charge in [0.05, 0.1) is 0 Å². The summed E-state index contributed by atoms with van der Waals surface area (Å²) in [5, 5.41) is 8.66. The third kappa shape index (κ3) is 5.87. The maximum atomic E-state index is 14.8. The lowest BCUT2D eigenvalue weighted by Crippen LogP contribution is -2.20. The molecule has 1 aliphatic carbocycles. The Hall–Kier alpha value is -1.29. The van der Waals surface area contributed by atoms with Gasteiger partial charge in [-0.25, -0.2) is 4.39 Å². The van der Waals surface area contributed by atoms with E-state index in [1.165, 1.54) is 16.0 Å². The highest BCUT2D eigenvalue weighted by Crippen LogP contribution is 2.43. The fourth-order valence-corrected chi connectivity index (χ4v) is 5.34. The number of rotatable bonds is 9. The first kappa shape index (κ1) is 21.0. The Morgan fingerprint density at radius 2 is 2.00 bits per heavy atom. The second-order valence-electron chi connectivity index (χ2n) is 7.61. The molecule has 1 saturated carbocycles. The summed E-state index contributed by atoms with van der Waals surface area (Å²) in [6, 6.07) is 6.32. The molecule has 2 unspecified atom stereocenters. The molecule has 0 amide bonds. The number of aliphatic carboxylic acids is 1. The molecule has 0 spiro atoms. The van der Waals surface area contributed by atoms with E-state index in [0.717, 1.165) is 25.0 Å². The van der Waals surface area contributed by atoms with Crippen molar-refractivity contribution >= 4 is 17.7 Å². The van der Waals surface area contributed by atoms with Gasteiger partial charge in [-0.2, -0.15) is 0 Å². The molecule has 26 heavy (non-hydrogen) atoms. The highest BCUT2D eigenvalue weighted by molar-refractivity contribution is 7.99. The Kier molecular flexibility index (Phi) is 8.20. The molecule has 1 aromatic carbocycles. The number of carboxylic acid groups (broad SMARTS) is 1. The molecule has 4 atom stereocenters. The van der Waals surface area contributed by atoms with E-state index in [4.69, 9.17) is 5.11 Å². The number of thioether (sulfide) groups is 1. The molecule has 0 saturated heterocycles. The number of halogens is 1. The zero-order chi connectivity index (χ0) is 19.1. The maximum absolute atomic E-state index is 14.8. The van der Waals surface area contributed by atoms with Crippen LogP contribution in [-0.4, -0.2) is 23.0 Å². The second kappa shape index (κ2) is 10.1. The smallest absolute Gasteiger partial charge is 0.303 e. The van der Waals surface area contributed by atoms with Crippen molar-refractivity contribution in [2.75, 3.05) is 5.75 Å². The number of hydrogen-bond acceptors (Lipinski definition) is 2. The largest absolute Gasteiger partial charge is 0.481 e. The van der Waals surface area contributed by atoms with Crippen LogP contribution in [0.15, 0.2) is 35.2 Å². The van der Waals surface area contributed by atoms with Crippen LogP contribution in [0.5, 0.6) is 0 Å². The van der Waals surface area contributed by atoms with Crippen molar-refractivity contribution in [1.82, 2.24) is 0 Å². The van der Waals surface area contributed by atoms with E-state index in [-0.39, 0.29) is 18.3 Å². The van der Waals surface area contributed by atoms with E-state index in [9.17, 15) is 9.18 Å². The Bertz CT molecular complexity index is 608. The first-order chi connectivity index (χ1) is 12.4. The average Bonchev–Trinajstić information content (AvgIpc) is 2.84. The number of benzene rings is 1. The third-order valence-corrected chi connectivity index (χ3v) is 6.91. The van der Waals surface area contributed by atoms with E-state index in [2.05, 4.69) is 44.2 Å². The van der Waals surface area contributed by atoms with Crippen molar-refractivity contribution in [3.63, 3.8) is 0 Å². The Morgan fingerprint density at radius 1 is 1.31 bits per heavy atom. The fraction of sp³-hybridized carbons (Fsp3) is 0.591. The summed E-state index contributed by atoms with van der Waals surface area (Å²) in [6.45, 7) is 6.27. The van der Waals surface area contributed by atoms with Crippen LogP contribution in [0, 0.1) is 31.6 Å². The monoisotopic (exact) mass is 378 g/mol. The topological polar surface area (TPSA) is 37.3 Å². The molecule has 0 heterocycles. The average molecular weight is 379 g/mol. The van der Waals surface area contributed by atoms with Crippen molar-refractivity contribution < 1.29 is 14.3 Å². The molecular formula is C22H31FO2S.